The van der Waals surface area contributed by atoms with Crippen LogP contribution in [-0.4, -0.2) is 63.9 Å². The summed E-state index contributed by atoms with van der Waals surface area (Å²) in [6, 6.07) is 9.42. The molecule has 0 aliphatic carbocycles. The number of carbonyl (C=O) groups is 1. The van der Waals surface area contributed by atoms with E-state index in [2.05, 4.69) is 0 Å². The predicted molar refractivity (Wildman–Crippen MR) is 110 cm³/mol. The zero-order valence-corrected chi connectivity index (χ0v) is 18.1. The molecule has 2 aromatic carbocycles. The molecule has 156 valence electrons. The van der Waals surface area contributed by atoms with Gasteiger partial charge in [-0.25, -0.2) is 8.42 Å². The molecule has 0 bridgehead atoms. The molecule has 0 unspecified atom stereocenters. The zero-order valence-electron chi connectivity index (χ0n) is 16.5. The van der Waals surface area contributed by atoms with Gasteiger partial charge >= 0.3 is 0 Å². The van der Waals surface area contributed by atoms with Gasteiger partial charge in [-0.1, -0.05) is 11.6 Å². The summed E-state index contributed by atoms with van der Waals surface area (Å²) in [5, 5.41) is 0.475. The fraction of sp³-hybridized carbons (Fsp3) is 0.350. The molecule has 1 saturated heterocycles. The summed E-state index contributed by atoms with van der Waals surface area (Å²) in [5.41, 5.74) is 1.25. The monoisotopic (exact) mass is 438 g/mol. The molecule has 0 aromatic heterocycles. The lowest BCUT2D eigenvalue weighted by molar-refractivity contribution is 0.0697. The number of amides is 1. The second-order valence-corrected chi connectivity index (χ2v) is 9.03. The molecule has 7 nitrogen and oxygen atoms in total. The Morgan fingerprint density at radius 1 is 0.966 bits per heavy atom. The third-order valence-corrected chi connectivity index (χ3v) is 7.14. The number of ether oxygens (including phenoxy) is 2. The molecule has 0 atom stereocenters. The Morgan fingerprint density at radius 2 is 1.48 bits per heavy atom. The molecule has 3 rings (SSSR count). The maximum absolute atomic E-state index is 12.9. The van der Waals surface area contributed by atoms with Crippen molar-refractivity contribution < 1.29 is 22.7 Å². The molecule has 0 spiro atoms. The standard InChI is InChI=1S/C20H23ClN2O5S/c1-14-18(27-2)12-15(13-19(14)28-3)20(24)22-8-10-23(11-9-22)29(25,26)17-6-4-16(21)5-7-17/h4-7,12-13H,8-11H2,1-3H3. The minimum Gasteiger partial charge on any atom is -0.496 e. The van der Waals surface area contributed by atoms with Gasteiger partial charge in [0.15, 0.2) is 0 Å². The van der Waals surface area contributed by atoms with Crippen LogP contribution in [0.25, 0.3) is 0 Å². The van der Waals surface area contributed by atoms with Crippen molar-refractivity contribution in [1.82, 2.24) is 9.21 Å². The highest BCUT2D eigenvalue weighted by molar-refractivity contribution is 7.89. The quantitative estimate of drug-likeness (QED) is 0.717. The van der Waals surface area contributed by atoms with Gasteiger partial charge in [-0.15, -0.1) is 0 Å². The highest BCUT2D eigenvalue weighted by Crippen LogP contribution is 2.30. The van der Waals surface area contributed by atoms with E-state index in [0.717, 1.165) is 5.56 Å². The fourth-order valence-corrected chi connectivity index (χ4v) is 4.83. The van der Waals surface area contributed by atoms with Gasteiger partial charge in [-0.05, 0) is 43.3 Å². The zero-order chi connectivity index (χ0) is 21.2. The average molecular weight is 439 g/mol. The van der Waals surface area contributed by atoms with Crippen LogP contribution in [0.15, 0.2) is 41.3 Å². The average Bonchev–Trinajstić information content (AvgIpc) is 2.73. The van der Waals surface area contributed by atoms with E-state index in [1.54, 1.807) is 29.2 Å². The molecule has 29 heavy (non-hydrogen) atoms. The molecule has 0 radical (unpaired) electrons. The van der Waals surface area contributed by atoms with E-state index >= 15 is 0 Å². The van der Waals surface area contributed by atoms with Gasteiger partial charge in [0.1, 0.15) is 11.5 Å². The van der Waals surface area contributed by atoms with Crippen LogP contribution in [0.2, 0.25) is 5.02 Å². The van der Waals surface area contributed by atoms with E-state index in [9.17, 15) is 13.2 Å². The van der Waals surface area contributed by atoms with E-state index in [0.29, 0.717) is 35.2 Å². The molecule has 1 aliphatic heterocycles. The second kappa shape index (κ2) is 8.61. The van der Waals surface area contributed by atoms with Crippen LogP contribution in [0.5, 0.6) is 11.5 Å². The van der Waals surface area contributed by atoms with Crippen molar-refractivity contribution in [2.24, 2.45) is 0 Å². The van der Waals surface area contributed by atoms with Crippen LogP contribution < -0.4 is 9.47 Å². The van der Waals surface area contributed by atoms with Crippen molar-refractivity contribution in [3.05, 3.63) is 52.5 Å². The lowest BCUT2D eigenvalue weighted by Crippen LogP contribution is -2.50. The van der Waals surface area contributed by atoms with Gasteiger partial charge in [0.2, 0.25) is 10.0 Å². The van der Waals surface area contributed by atoms with E-state index < -0.39 is 10.0 Å². The van der Waals surface area contributed by atoms with E-state index in [1.165, 1.54) is 30.7 Å². The molecule has 1 amide bonds. The number of methoxy groups -OCH3 is 2. The van der Waals surface area contributed by atoms with Crippen molar-refractivity contribution in [3.63, 3.8) is 0 Å². The van der Waals surface area contributed by atoms with Crippen molar-refractivity contribution >= 4 is 27.5 Å². The third-order valence-electron chi connectivity index (χ3n) is 4.98. The largest absolute Gasteiger partial charge is 0.496 e. The van der Waals surface area contributed by atoms with E-state index in [4.69, 9.17) is 21.1 Å². The van der Waals surface area contributed by atoms with Gasteiger partial charge in [0.05, 0.1) is 19.1 Å². The first-order valence-electron chi connectivity index (χ1n) is 9.05. The van der Waals surface area contributed by atoms with Gasteiger partial charge < -0.3 is 14.4 Å². The fourth-order valence-electron chi connectivity index (χ4n) is 3.28. The summed E-state index contributed by atoms with van der Waals surface area (Å²) in [4.78, 5) is 14.8. The maximum atomic E-state index is 12.9. The summed E-state index contributed by atoms with van der Waals surface area (Å²) in [6.45, 7) is 2.88. The van der Waals surface area contributed by atoms with Crippen LogP contribution in [0.4, 0.5) is 0 Å². The predicted octanol–water partition coefficient (Wildman–Crippen LogP) is 2.81. The molecule has 0 saturated carbocycles. The van der Waals surface area contributed by atoms with Crippen LogP contribution in [-0.2, 0) is 10.0 Å². The first-order valence-corrected chi connectivity index (χ1v) is 10.9. The molecule has 1 heterocycles. The Morgan fingerprint density at radius 3 is 1.97 bits per heavy atom. The molecular weight excluding hydrogens is 416 g/mol. The number of benzene rings is 2. The smallest absolute Gasteiger partial charge is 0.254 e. The number of hydrogen-bond acceptors (Lipinski definition) is 5. The van der Waals surface area contributed by atoms with Gasteiger partial charge in [-0.2, -0.15) is 4.31 Å². The van der Waals surface area contributed by atoms with Crippen molar-refractivity contribution in [2.75, 3.05) is 40.4 Å². The number of nitrogens with zero attached hydrogens (tertiary/aromatic N) is 2. The van der Waals surface area contributed by atoms with Gasteiger partial charge in [0, 0.05) is 42.3 Å². The number of sulfonamides is 1. The molecule has 9 heteroatoms. The van der Waals surface area contributed by atoms with E-state index in [1.807, 2.05) is 6.92 Å². The topological polar surface area (TPSA) is 76.2 Å². The molecule has 1 aliphatic rings. The maximum Gasteiger partial charge on any atom is 0.254 e. The number of piperazine rings is 1. The van der Waals surface area contributed by atoms with Crippen molar-refractivity contribution in [1.29, 1.82) is 0 Å². The molecule has 1 fully saturated rings. The Balaban J connectivity index is 1.74. The SMILES string of the molecule is COc1cc(C(=O)N2CCN(S(=O)(=O)c3ccc(Cl)cc3)CC2)cc(OC)c1C. The van der Waals surface area contributed by atoms with Crippen LogP contribution in [0.1, 0.15) is 15.9 Å². The first-order chi connectivity index (χ1) is 13.8. The summed E-state index contributed by atoms with van der Waals surface area (Å²) in [7, 11) is -0.547. The van der Waals surface area contributed by atoms with Crippen LogP contribution in [0.3, 0.4) is 0 Å². The Labute approximate surface area is 175 Å². The minimum atomic E-state index is -3.62. The van der Waals surface area contributed by atoms with Crippen molar-refractivity contribution in [3.8, 4) is 11.5 Å². The van der Waals surface area contributed by atoms with Crippen LogP contribution >= 0.6 is 11.6 Å². The lowest BCUT2D eigenvalue weighted by atomic mass is 10.1. The molecule has 2 aromatic rings. The second-order valence-electron chi connectivity index (χ2n) is 6.66. The summed E-state index contributed by atoms with van der Waals surface area (Å²) in [6.07, 6.45) is 0. The highest BCUT2D eigenvalue weighted by atomic mass is 35.5. The number of hydrogen-bond donors (Lipinski definition) is 0. The third kappa shape index (κ3) is 4.34. The van der Waals surface area contributed by atoms with Crippen molar-refractivity contribution in [2.45, 2.75) is 11.8 Å². The Kier molecular flexibility index (Phi) is 6.36. The first kappa shape index (κ1) is 21.4. The van der Waals surface area contributed by atoms with E-state index in [-0.39, 0.29) is 23.9 Å². The molecule has 0 N–H and O–H groups in total. The number of rotatable bonds is 5. The van der Waals surface area contributed by atoms with Gasteiger partial charge in [-0.3, -0.25) is 4.79 Å². The summed E-state index contributed by atoms with van der Waals surface area (Å²) < 4.78 is 37.7. The van der Waals surface area contributed by atoms with Gasteiger partial charge in [0.25, 0.3) is 5.91 Å². The normalized spacial score (nSPS) is 15.2. The number of carbonyl (C=O) groups excluding carboxylic acids is 1. The highest BCUT2D eigenvalue weighted by Gasteiger charge is 2.30. The summed E-state index contributed by atoms with van der Waals surface area (Å²) >= 11 is 5.84. The number of halogens is 1. The minimum absolute atomic E-state index is 0.190. The summed E-state index contributed by atoms with van der Waals surface area (Å²) in [5.74, 6) is 0.943. The van der Waals surface area contributed by atoms with Crippen LogP contribution in [0, 0.1) is 6.92 Å². The lowest BCUT2D eigenvalue weighted by Gasteiger charge is -2.34. The Hall–Kier alpha value is -2.29. The Bertz CT molecular complexity index is 975. The molecular formula is C20H23ClN2O5S.